The molecule has 0 unspecified atom stereocenters. The minimum absolute atomic E-state index is 0.0678. The third kappa shape index (κ3) is 6.47. The summed E-state index contributed by atoms with van der Waals surface area (Å²) in [5.41, 5.74) is 5.01. The third-order valence-electron chi connectivity index (χ3n) is 7.02. The van der Waals surface area contributed by atoms with E-state index < -0.39 is 0 Å². The van der Waals surface area contributed by atoms with Gasteiger partial charge in [0.1, 0.15) is 16.8 Å². The average Bonchev–Trinajstić information content (AvgIpc) is 3.23. The number of rotatable bonds is 7. The van der Waals surface area contributed by atoms with Gasteiger partial charge in [-0.05, 0) is 83.5 Å². The van der Waals surface area contributed by atoms with Gasteiger partial charge >= 0.3 is 0 Å². The molecule has 0 bridgehead atoms. The van der Waals surface area contributed by atoms with Crippen LogP contribution in [0.15, 0.2) is 53.5 Å². The van der Waals surface area contributed by atoms with Crippen molar-refractivity contribution in [3.8, 4) is 11.8 Å². The van der Waals surface area contributed by atoms with E-state index in [2.05, 4.69) is 51.0 Å². The fourth-order valence-corrected chi connectivity index (χ4v) is 5.97. The van der Waals surface area contributed by atoms with Crippen LogP contribution >= 0.6 is 11.3 Å². The van der Waals surface area contributed by atoms with E-state index in [4.69, 9.17) is 4.74 Å². The maximum Gasteiger partial charge on any atom is 0.262 e. The highest BCUT2D eigenvalue weighted by Gasteiger charge is 2.32. The van der Waals surface area contributed by atoms with Crippen LogP contribution in [0.5, 0.6) is 5.75 Å². The van der Waals surface area contributed by atoms with Gasteiger partial charge in [0, 0.05) is 16.8 Å². The third-order valence-corrected chi connectivity index (χ3v) is 8.18. The molecule has 1 N–H and O–H groups in total. The second kappa shape index (κ2) is 11.3. The number of nitrogens with one attached hydrogen (secondary N) is 1. The van der Waals surface area contributed by atoms with E-state index in [0.717, 1.165) is 46.6 Å². The Balaban J connectivity index is 1.37. The summed E-state index contributed by atoms with van der Waals surface area (Å²) in [6.07, 6.45) is 4.89. The predicted octanol–water partition coefficient (Wildman–Crippen LogP) is 7.66. The molecule has 0 fully saturated rings. The summed E-state index contributed by atoms with van der Waals surface area (Å²) in [5, 5.41) is 13.5. The number of benzene rings is 2. The molecule has 0 saturated heterocycles. The Labute approximate surface area is 224 Å². The normalized spacial score (nSPS) is 15.4. The molecular formula is C31H35N3O2S. The molecule has 192 valence electrons. The van der Waals surface area contributed by atoms with Crippen molar-refractivity contribution in [2.45, 2.75) is 59.8 Å². The number of hydrogen-bond donors (Lipinski definition) is 1. The second-order valence-corrected chi connectivity index (χ2v) is 12.1. The number of anilines is 1. The van der Waals surface area contributed by atoms with Crippen LogP contribution in [0.1, 0.15) is 74.1 Å². The molecular weight excluding hydrogens is 478 g/mol. The van der Waals surface area contributed by atoms with Gasteiger partial charge in [-0.25, -0.2) is 4.99 Å². The number of fused-ring (bicyclic) bond motifs is 1. The molecule has 4 rings (SSSR count). The van der Waals surface area contributed by atoms with Gasteiger partial charge in [-0.1, -0.05) is 52.8 Å². The van der Waals surface area contributed by atoms with Gasteiger partial charge in [-0.15, -0.1) is 11.3 Å². The van der Waals surface area contributed by atoms with Gasteiger partial charge in [0.15, 0.2) is 6.61 Å². The lowest BCUT2D eigenvalue weighted by atomic mass is 9.72. The van der Waals surface area contributed by atoms with Crippen molar-refractivity contribution in [2.24, 2.45) is 16.3 Å². The highest BCUT2D eigenvalue weighted by atomic mass is 32.1. The maximum atomic E-state index is 12.4. The van der Waals surface area contributed by atoms with Crippen LogP contribution in [0.25, 0.3) is 0 Å². The van der Waals surface area contributed by atoms with Gasteiger partial charge in [-0.2, -0.15) is 5.26 Å². The van der Waals surface area contributed by atoms with Gasteiger partial charge < -0.3 is 10.1 Å². The van der Waals surface area contributed by atoms with Gasteiger partial charge in [0.05, 0.1) is 5.56 Å². The van der Waals surface area contributed by atoms with Crippen molar-refractivity contribution in [1.82, 2.24) is 0 Å². The molecule has 3 aromatic rings. The van der Waals surface area contributed by atoms with Crippen LogP contribution in [0.4, 0.5) is 10.7 Å². The Bertz CT molecular complexity index is 1320. The molecule has 1 aromatic heterocycles. The SMILES string of the molecule is CC(C)c1ccccc1NC(=O)COc1ccc(C=Nc2sc3c(c2C#N)CC[C@H](C(C)(C)C)C3)cc1. The monoisotopic (exact) mass is 513 g/mol. The number of aliphatic imine (C=N–C) groups is 1. The molecule has 2 aromatic carbocycles. The summed E-state index contributed by atoms with van der Waals surface area (Å²) in [6.45, 7) is 11.0. The lowest BCUT2D eigenvalue weighted by molar-refractivity contribution is -0.118. The molecule has 1 aliphatic carbocycles. The van der Waals surface area contributed by atoms with Crippen LogP contribution in [-0.4, -0.2) is 18.7 Å². The molecule has 1 heterocycles. The van der Waals surface area contributed by atoms with Gasteiger partial charge in [0.2, 0.25) is 0 Å². The molecule has 6 heteroatoms. The summed E-state index contributed by atoms with van der Waals surface area (Å²) >= 11 is 1.65. The molecule has 1 amide bonds. The van der Waals surface area contributed by atoms with Crippen LogP contribution in [0.3, 0.4) is 0 Å². The first-order chi connectivity index (χ1) is 17.7. The summed E-state index contributed by atoms with van der Waals surface area (Å²) in [7, 11) is 0. The largest absolute Gasteiger partial charge is 0.484 e. The Morgan fingerprint density at radius 3 is 2.62 bits per heavy atom. The van der Waals surface area contributed by atoms with E-state index in [9.17, 15) is 10.1 Å². The number of carbonyl (C=O) groups is 1. The number of ether oxygens (including phenoxy) is 1. The fourth-order valence-electron chi connectivity index (χ4n) is 4.75. The van der Waals surface area contributed by atoms with Crippen molar-refractivity contribution in [3.63, 3.8) is 0 Å². The molecule has 0 spiro atoms. The molecule has 1 aliphatic rings. The summed E-state index contributed by atoms with van der Waals surface area (Å²) in [4.78, 5) is 18.4. The predicted molar refractivity (Wildman–Crippen MR) is 152 cm³/mol. The number of hydrogen-bond acceptors (Lipinski definition) is 5. The zero-order valence-electron chi connectivity index (χ0n) is 22.3. The van der Waals surface area contributed by atoms with Gasteiger partial charge in [0.25, 0.3) is 5.91 Å². The molecule has 0 radical (unpaired) electrons. The van der Waals surface area contributed by atoms with Crippen LogP contribution in [0, 0.1) is 22.7 Å². The number of thiophene rings is 1. The van der Waals surface area contributed by atoms with Crippen LogP contribution in [-0.2, 0) is 17.6 Å². The number of para-hydroxylation sites is 1. The van der Waals surface area contributed by atoms with Crippen LogP contribution < -0.4 is 10.1 Å². The van der Waals surface area contributed by atoms with E-state index >= 15 is 0 Å². The zero-order valence-corrected chi connectivity index (χ0v) is 23.1. The number of nitriles is 1. The minimum Gasteiger partial charge on any atom is -0.484 e. The Morgan fingerprint density at radius 1 is 1.22 bits per heavy atom. The van der Waals surface area contributed by atoms with Crippen molar-refractivity contribution in [2.75, 3.05) is 11.9 Å². The first-order valence-corrected chi connectivity index (χ1v) is 13.7. The van der Waals surface area contributed by atoms with E-state index in [1.54, 1.807) is 17.6 Å². The minimum atomic E-state index is -0.196. The van der Waals surface area contributed by atoms with Crippen molar-refractivity contribution >= 4 is 34.1 Å². The van der Waals surface area contributed by atoms with E-state index in [1.165, 1.54) is 10.4 Å². The lowest BCUT2D eigenvalue weighted by Crippen LogP contribution is -2.26. The van der Waals surface area contributed by atoms with E-state index in [1.807, 2.05) is 48.5 Å². The second-order valence-electron chi connectivity index (χ2n) is 11.0. The summed E-state index contributed by atoms with van der Waals surface area (Å²) < 4.78 is 5.69. The number of amides is 1. The van der Waals surface area contributed by atoms with Crippen molar-refractivity contribution in [1.29, 1.82) is 5.26 Å². The van der Waals surface area contributed by atoms with Gasteiger partial charge in [-0.3, -0.25) is 4.79 Å². The Kier molecular flexibility index (Phi) is 8.14. The van der Waals surface area contributed by atoms with Crippen LogP contribution in [0.2, 0.25) is 0 Å². The fraction of sp³-hybridized carbons (Fsp3) is 0.387. The zero-order chi connectivity index (χ0) is 26.6. The quantitative estimate of drug-likeness (QED) is 0.330. The summed E-state index contributed by atoms with van der Waals surface area (Å²) in [6, 6.07) is 17.7. The Hall–Kier alpha value is -3.43. The topological polar surface area (TPSA) is 74.5 Å². The number of nitrogens with zero attached hydrogens (tertiary/aromatic N) is 2. The van der Waals surface area contributed by atoms with E-state index in [-0.39, 0.29) is 17.9 Å². The molecule has 0 aliphatic heterocycles. The highest BCUT2D eigenvalue weighted by Crippen LogP contribution is 2.44. The van der Waals surface area contributed by atoms with E-state index in [0.29, 0.717) is 17.6 Å². The first kappa shape index (κ1) is 26.6. The Morgan fingerprint density at radius 2 is 1.95 bits per heavy atom. The first-order valence-electron chi connectivity index (χ1n) is 12.9. The molecule has 0 saturated carbocycles. The molecule has 37 heavy (non-hydrogen) atoms. The lowest BCUT2D eigenvalue weighted by Gasteiger charge is -2.33. The maximum absolute atomic E-state index is 12.4. The summed E-state index contributed by atoms with van der Waals surface area (Å²) in [5.74, 6) is 1.36. The molecule has 5 nitrogen and oxygen atoms in total. The smallest absolute Gasteiger partial charge is 0.262 e. The standard InChI is InChI=1S/C31H35N3O2S/c1-20(2)24-8-6-7-9-27(24)34-29(35)19-36-23-13-10-21(11-14-23)18-33-30-26(17-32)25-15-12-22(31(3,4)5)16-28(25)37-30/h6-11,13-14,18,20,22H,12,15-16,19H2,1-5H3,(H,34,35)/t22-/m0/s1. The van der Waals surface area contributed by atoms with Crippen molar-refractivity contribution < 1.29 is 9.53 Å². The van der Waals surface area contributed by atoms with Crippen molar-refractivity contribution in [3.05, 3.63) is 75.7 Å². The highest BCUT2D eigenvalue weighted by molar-refractivity contribution is 7.16. The molecule has 1 atom stereocenters. The average molecular weight is 514 g/mol. The number of carbonyl (C=O) groups excluding carboxylic acids is 1.